The topological polar surface area (TPSA) is 93.2 Å². The Balaban J connectivity index is 1.73. The second-order valence-electron chi connectivity index (χ2n) is 7.08. The molecule has 1 aromatic heterocycles. The number of carbonyl (C=O) groups excluding carboxylic acids is 2. The molecule has 1 aliphatic carbocycles. The average molecular weight is 382 g/mol. The molecule has 1 amide bonds. The van der Waals surface area contributed by atoms with Crippen molar-refractivity contribution >= 4 is 23.5 Å². The van der Waals surface area contributed by atoms with Gasteiger partial charge in [0, 0.05) is 17.4 Å². The number of nitrogens with zero attached hydrogens (tertiary/aromatic N) is 2. The van der Waals surface area contributed by atoms with Gasteiger partial charge in [-0.2, -0.15) is 0 Å². The molecule has 2 N–H and O–H groups in total. The number of ether oxygens (including phenoxy) is 1. The maximum Gasteiger partial charge on any atom is 0.337 e. The van der Waals surface area contributed by atoms with Gasteiger partial charge in [-0.1, -0.05) is 31.7 Å². The Kier molecular flexibility index (Phi) is 6.57. The highest BCUT2D eigenvalue weighted by molar-refractivity contribution is 6.03. The standard InChI is InChI=1S/C21H26N4O3/c1-14-12-18(25-21(22-14)24-16-9-5-3-4-6-10-16)19(26)23-17-11-7-8-15(13-17)20(27)28-2/h7-8,11-13,16H,3-6,9-10H2,1-2H3,(H,23,26)(H,22,24,25). The fourth-order valence-corrected chi connectivity index (χ4v) is 3.39. The summed E-state index contributed by atoms with van der Waals surface area (Å²) >= 11 is 0. The van der Waals surface area contributed by atoms with E-state index >= 15 is 0 Å². The number of benzene rings is 1. The van der Waals surface area contributed by atoms with Crippen molar-refractivity contribution < 1.29 is 14.3 Å². The maximum atomic E-state index is 12.7. The van der Waals surface area contributed by atoms with Gasteiger partial charge < -0.3 is 15.4 Å². The molecule has 148 valence electrons. The molecule has 0 saturated heterocycles. The molecule has 0 spiro atoms. The first-order valence-corrected chi connectivity index (χ1v) is 9.67. The van der Waals surface area contributed by atoms with Crippen LogP contribution in [0.5, 0.6) is 0 Å². The normalized spacial score (nSPS) is 14.8. The number of carbonyl (C=O) groups is 2. The highest BCUT2D eigenvalue weighted by Crippen LogP contribution is 2.20. The van der Waals surface area contributed by atoms with E-state index in [0.717, 1.165) is 18.5 Å². The molecule has 1 fully saturated rings. The van der Waals surface area contributed by atoms with E-state index in [-0.39, 0.29) is 11.6 Å². The van der Waals surface area contributed by atoms with Gasteiger partial charge in [0.15, 0.2) is 0 Å². The zero-order valence-electron chi connectivity index (χ0n) is 16.3. The van der Waals surface area contributed by atoms with E-state index in [9.17, 15) is 9.59 Å². The Morgan fingerprint density at radius 1 is 1.07 bits per heavy atom. The molecule has 0 aliphatic heterocycles. The molecule has 0 radical (unpaired) electrons. The van der Waals surface area contributed by atoms with Crippen molar-refractivity contribution in [3.8, 4) is 0 Å². The summed E-state index contributed by atoms with van der Waals surface area (Å²) in [6.45, 7) is 1.84. The third kappa shape index (κ3) is 5.28. The van der Waals surface area contributed by atoms with Gasteiger partial charge in [0.05, 0.1) is 12.7 Å². The number of esters is 1. The van der Waals surface area contributed by atoms with E-state index in [2.05, 4.69) is 20.6 Å². The minimum atomic E-state index is -0.455. The van der Waals surface area contributed by atoms with Gasteiger partial charge in [-0.05, 0) is 44.0 Å². The molecule has 1 saturated carbocycles. The summed E-state index contributed by atoms with van der Waals surface area (Å²) in [6.07, 6.45) is 7.13. The van der Waals surface area contributed by atoms with E-state index < -0.39 is 5.97 Å². The van der Waals surface area contributed by atoms with Crippen LogP contribution in [0.1, 0.15) is 65.1 Å². The highest BCUT2D eigenvalue weighted by atomic mass is 16.5. The van der Waals surface area contributed by atoms with Gasteiger partial charge in [-0.25, -0.2) is 14.8 Å². The second kappa shape index (κ2) is 9.30. The number of hydrogen-bond acceptors (Lipinski definition) is 6. The third-order valence-corrected chi connectivity index (χ3v) is 4.82. The molecule has 7 heteroatoms. The summed E-state index contributed by atoms with van der Waals surface area (Å²) in [4.78, 5) is 33.2. The fraction of sp³-hybridized carbons (Fsp3) is 0.429. The summed E-state index contributed by atoms with van der Waals surface area (Å²) in [6, 6.07) is 8.59. The summed E-state index contributed by atoms with van der Waals surface area (Å²) in [5.74, 6) is -0.319. The molecule has 28 heavy (non-hydrogen) atoms. The van der Waals surface area contributed by atoms with Gasteiger partial charge in [-0.15, -0.1) is 0 Å². The smallest absolute Gasteiger partial charge is 0.337 e. The summed E-state index contributed by atoms with van der Waals surface area (Å²) < 4.78 is 4.71. The van der Waals surface area contributed by atoms with Crippen LogP contribution in [0, 0.1) is 6.92 Å². The average Bonchev–Trinajstić information content (AvgIpc) is 2.95. The lowest BCUT2D eigenvalue weighted by Crippen LogP contribution is -2.22. The lowest BCUT2D eigenvalue weighted by Gasteiger charge is -2.17. The summed E-state index contributed by atoms with van der Waals surface area (Å²) in [7, 11) is 1.32. The van der Waals surface area contributed by atoms with E-state index in [1.807, 2.05) is 6.92 Å². The monoisotopic (exact) mass is 382 g/mol. The predicted octanol–water partition coefficient (Wildman–Crippen LogP) is 3.96. The highest BCUT2D eigenvalue weighted by Gasteiger charge is 2.16. The Hall–Kier alpha value is -2.96. The number of aryl methyl sites for hydroxylation is 1. The van der Waals surface area contributed by atoms with Crippen LogP contribution < -0.4 is 10.6 Å². The molecule has 1 aliphatic rings. The third-order valence-electron chi connectivity index (χ3n) is 4.82. The number of nitrogens with one attached hydrogen (secondary N) is 2. The molecule has 3 rings (SSSR count). The van der Waals surface area contributed by atoms with Crippen molar-refractivity contribution in [2.24, 2.45) is 0 Å². The quantitative estimate of drug-likeness (QED) is 0.601. The summed E-state index contributed by atoms with van der Waals surface area (Å²) in [5, 5.41) is 6.17. The number of hydrogen-bond donors (Lipinski definition) is 2. The minimum absolute atomic E-state index is 0.284. The van der Waals surface area contributed by atoms with E-state index in [0.29, 0.717) is 23.2 Å². The molecule has 0 unspecified atom stereocenters. The van der Waals surface area contributed by atoms with Crippen LogP contribution in [0.3, 0.4) is 0 Å². The Bertz CT molecular complexity index is 845. The predicted molar refractivity (Wildman–Crippen MR) is 108 cm³/mol. The molecule has 2 aromatic rings. The van der Waals surface area contributed by atoms with Crippen molar-refractivity contribution in [1.29, 1.82) is 0 Å². The van der Waals surface area contributed by atoms with Crippen LogP contribution >= 0.6 is 0 Å². The number of rotatable bonds is 5. The Labute approximate surface area is 164 Å². The minimum Gasteiger partial charge on any atom is -0.465 e. The largest absolute Gasteiger partial charge is 0.465 e. The van der Waals surface area contributed by atoms with Crippen LogP contribution in [-0.4, -0.2) is 35.0 Å². The number of aromatic nitrogens is 2. The number of methoxy groups -OCH3 is 1. The van der Waals surface area contributed by atoms with Crippen molar-refractivity contribution in [1.82, 2.24) is 9.97 Å². The van der Waals surface area contributed by atoms with E-state index in [1.165, 1.54) is 32.8 Å². The van der Waals surface area contributed by atoms with Crippen molar-refractivity contribution in [3.05, 3.63) is 47.3 Å². The van der Waals surface area contributed by atoms with Gasteiger partial charge >= 0.3 is 5.97 Å². The van der Waals surface area contributed by atoms with Gasteiger partial charge in [0.1, 0.15) is 5.69 Å². The van der Waals surface area contributed by atoms with Gasteiger partial charge in [-0.3, -0.25) is 4.79 Å². The van der Waals surface area contributed by atoms with Gasteiger partial charge in [0.2, 0.25) is 5.95 Å². The lowest BCUT2D eigenvalue weighted by molar-refractivity contribution is 0.0600. The maximum absolute atomic E-state index is 12.7. The van der Waals surface area contributed by atoms with Crippen LogP contribution in [0.4, 0.5) is 11.6 Å². The molecule has 0 bridgehead atoms. The van der Waals surface area contributed by atoms with Crippen LogP contribution in [0.2, 0.25) is 0 Å². The zero-order valence-corrected chi connectivity index (χ0v) is 16.3. The second-order valence-corrected chi connectivity index (χ2v) is 7.08. The van der Waals surface area contributed by atoms with Crippen LogP contribution in [0.25, 0.3) is 0 Å². The van der Waals surface area contributed by atoms with Crippen LogP contribution in [-0.2, 0) is 4.74 Å². The fourth-order valence-electron chi connectivity index (χ4n) is 3.39. The van der Waals surface area contributed by atoms with Crippen molar-refractivity contribution in [3.63, 3.8) is 0 Å². The van der Waals surface area contributed by atoms with Crippen LogP contribution in [0.15, 0.2) is 30.3 Å². The Morgan fingerprint density at radius 2 is 1.82 bits per heavy atom. The summed E-state index contributed by atoms with van der Waals surface area (Å²) in [5.41, 5.74) is 1.88. The lowest BCUT2D eigenvalue weighted by atomic mass is 10.1. The van der Waals surface area contributed by atoms with Crippen molar-refractivity contribution in [2.75, 3.05) is 17.7 Å². The van der Waals surface area contributed by atoms with Gasteiger partial charge in [0.25, 0.3) is 5.91 Å². The first-order valence-electron chi connectivity index (χ1n) is 9.67. The van der Waals surface area contributed by atoms with E-state index in [4.69, 9.17) is 4.74 Å². The molecule has 7 nitrogen and oxygen atoms in total. The van der Waals surface area contributed by atoms with Crippen molar-refractivity contribution in [2.45, 2.75) is 51.5 Å². The Morgan fingerprint density at radius 3 is 2.54 bits per heavy atom. The SMILES string of the molecule is COC(=O)c1cccc(NC(=O)c2cc(C)nc(NC3CCCCCC3)n2)c1. The first kappa shape index (κ1) is 19.8. The molecule has 1 heterocycles. The molecular weight excluding hydrogens is 356 g/mol. The first-order chi connectivity index (χ1) is 13.5. The van der Waals surface area contributed by atoms with E-state index in [1.54, 1.807) is 30.3 Å². The number of amides is 1. The number of anilines is 2. The molecular formula is C21H26N4O3. The zero-order chi connectivity index (χ0) is 19.9. The molecule has 0 atom stereocenters. The molecule has 1 aromatic carbocycles.